The molecule has 2 saturated heterocycles. The van der Waals surface area contributed by atoms with Gasteiger partial charge in [0.1, 0.15) is 17.5 Å². The lowest BCUT2D eigenvalue weighted by Crippen LogP contribution is -2.50. The summed E-state index contributed by atoms with van der Waals surface area (Å²) in [5, 5.41) is 0. The van der Waals surface area contributed by atoms with E-state index in [1.54, 1.807) is 0 Å². The lowest BCUT2D eigenvalue weighted by Gasteiger charge is -2.39. The largest absolute Gasteiger partial charge is 0.490 e. The van der Waals surface area contributed by atoms with Crippen LogP contribution in [0.25, 0.3) is 0 Å². The molecule has 0 aliphatic carbocycles. The summed E-state index contributed by atoms with van der Waals surface area (Å²) in [4.78, 5) is 14.5. The van der Waals surface area contributed by atoms with Gasteiger partial charge in [-0.05, 0) is 63.6 Å². The summed E-state index contributed by atoms with van der Waals surface area (Å²) in [5.41, 5.74) is 0.882. The Kier molecular flexibility index (Phi) is 5.50. The van der Waals surface area contributed by atoms with Crippen molar-refractivity contribution < 1.29 is 14.3 Å². The van der Waals surface area contributed by atoms with Gasteiger partial charge in [0.05, 0.1) is 0 Å². The van der Waals surface area contributed by atoms with Gasteiger partial charge in [0.2, 0.25) is 0 Å². The van der Waals surface area contributed by atoms with Crippen molar-refractivity contribution in [1.82, 2.24) is 4.90 Å². The van der Waals surface area contributed by atoms with E-state index in [1.807, 2.05) is 31.7 Å². The molecule has 1 aromatic rings. The van der Waals surface area contributed by atoms with Crippen LogP contribution in [0.3, 0.4) is 0 Å². The first kappa shape index (κ1) is 19.1. The zero-order valence-corrected chi connectivity index (χ0v) is 16.8. The number of hydrogen-bond donors (Lipinski definition) is 0. The summed E-state index contributed by atoms with van der Waals surface area (Å²) >= 11 is 0. The van der Waals surface area contributed by atoms with Gasteiger partial charge in [0.25, 0.3) is 0 Å². The maximum absolute atomic E-state index is 12.5. The molecule has 26 heavy (non-hydrogen) atoms. The molecule has 0 spiro atoms. The van der Waals surface area contributed by atoms with Crippen molar-refractivity contribution in [3.05, 3.63) is 29.8 Å². The molecule has 2 bridgehead atoms. The first-order valence-electron chi connectivity index (χ1n) is 9.98. The van der Waals surface area contributed by atoms with Crippen LogP contribution in [-0.4, -0.2) is 34.8 Å². The number of piperidine rings is 1. The molecule has 0 radical (unpaired) electrons. The molecule has 1 aromatic carbocycles. The molecular weight excluding hydrogens is 326 g/mol. The van der Waals surface area contributed by atoms with Crippen LogP contribution < -0.4 is 4.74 Å². The smallest absolute Gasteiger partial charge is 0.410 e. The summed E-state index contributed by atoms with van der Waals surface area (Å²) in [5.74, 6) is 1.59. The van der Waals surface area contributed by atoms with Crippen LogP contribution in [-0.2, 0) is 11.2 Å². The highest BCUT2D eigenvalue weighted by molar-refractivity contribution is 5.69. The number of amides is 1. The number of carbonyl (C=O) groups is 1. The second-order valence-corrected chi connectivity index (χ2v) is 9.23. The number of hydrogen-bond acceptors (Lipinski definition) is 3. The fraction of sp³-hybridized carbons (Fsp3) is 0.682. The van der Waals surface area contributed by atoms with Crippen molar-refractivity contribution in [2.45, 2.75) is 90.5 Å². The van der Waals surface area contributed by atoms with E-state index in [9.17, 15) is 4.79 Å². The van der Waals surface area contributed by atoms with Crippen molar-refractivity contribution in [1.29, 1.82) is 0 Å². The van der Waals surface area contributed by atoms with E-state index in [-0.39, 0.29) is 24.3 Å². The van der Waals surface area contributed by atoms with E-state index in [2.05, 4.69) is 32.0 Å². The Hall–Kier alpha value is -1.71. The van der Waals surface area contributed by atoms with Crippen molar-refractivity contribution >= 4 is 6.09 Å². The Balaban J connectivity index is 1.62. The normalized spacial score (nSPS) is 25.5. The SMILES string of the molecule is CC(C)Cc1cccc(OC2C[C@H]3CC[C@@H](C2)N3C(=O)OC(C)(C)C)c1. The van der Waals surface area contributed by atoms with Gasteiger partial charge in [-0.3, -0.25) is 0 Å². The van der Waals surface area contributed by atoms with Crippen molar-refractivity contribution in [3.63, 3.8) is 0 Å². The van der Waals surface area contributed by atoms with Gasteiger partial charge in [-0.25, -0.2) is 4.79 Å². The van der Waals surface area contributed by atoms with Gasteiger partial charge < -0.3 is 14.4 Å². The fourth-order valence-electron chi connectivity index (χ4n) is 4.25. The second-order valence-electron chi connectivity index (χ2n) is 9.23. The molecular formula is C22H33NO3. The van der Waals surface area contributed by atoms with E-state index >= 15 is 0 Å². The Morgan fingerprint density at radius 1 is 1.19 bits per heavy atom. The van der Waals surface area contributed by atoms with E-state index in [1.165, 1.54) is 5.56 Å². The first-order valence-corrected chi connectivity index (χ1v) is 9.98. The average molecular weight is 360 g/mol. The molecule has 0 saturated carbocycles. The maximum atomic E-state index is 12.5. The van der Waals surface area contributed by atoms with Crippen molar-refractivity contribution in [2.24, 2.45) is 5.92 Å². The highest BCUT2D eigenvalue weighted by Gasteiger charge is 2.45. The summed E-state index contributed by atoms with van der Waals surface area (Å²) in [6.07, 6.45) is 4.98. The zero-order chi connectivity index (χ0) is 18.9. The quantitative estimate of drug-likeness (QED) is 0.742. The average Bonchev–Trinajstić information content (AvgIpc) is 2.77. The predicted molar refractivity (Wildman–Crippen MR) is 104 cm³/mol. The standard InChI is InChI=1S/C22H33NO3/c1-15(2)11-16-7-6-8-19(12-16)25-20-13-17-9-10-18(14-20)23(17)21(24)26-22(3,4)5/h6-8,12,15,17-18,20H,9-11,13-14H2,1-5H3/t17-,18+,20?. The van der Waals surface area contributed by atoms with E-state index in [4.69, 9.17) is 9.47 Å². The Labute approximate surface area is 157 Å². The Bertz CT molecular complexity index is 621. The molecule has 2 fully saturated rings. The minimum Gasteiger partial charge on any atom is -0.490 e. The molecule has 0 aromatic heterocycles. The van der Waals surface area contributed by atoms with Gasteiger partial charge in [0.15, 0.2) is 0 Å². The highest BCUT2D eigenvalue weighted by atomic mass is 16.6. The third-order valence-electron chi connectivity index (χ3n) is 5.14. The van der Waals surface area contributed by atoms with Gasteiger partial charge in [-0.1, -0.05) is 26.0 Å². The number of rotatable bonds is 4. The minimum atomic E-state index is -0.444. The van der Waals surface area contributed by atoms with Crippen LogP contribution in [0, 0.1) is 5.92 Å². The van der Waals surface area contributed by atoms with Crippen molar-refractivity contribution in [3.8, 4) is 5.75 Å². The minimum absolute atomic E-state index is 0.164. The summed E-state index contributed by atoms with van der Waals surface area (Å²) in [6, 6.07) is 8.95. The van der Waals surface area contributed by atoms with E-state index in [0.717, 1.165) is 37.9 Å². The Morgan fingerprint density at radius 3 is 2.42 bits per heavy atom. The topological polar surface area (TPSA) is 38.8 Å². The third kappa shape index (κ3) is 4.72. The van der Waals surface area contributed by atoms with Gasteiger partial charge >= 0.3 is 6.09 Å². The molecule has 4 heteroatoms. The lowest BCUT2D eigenvalue weighted by molar-refractivity contribution is -0.00707. The monoisotopic (exact) mass is 359 g/mol. The molecule has 1 amide bonds. The van der Waals surface area contributed by atoms with Gasteiger partial charge in [0, 0.05) is 24.9 Å². The summed E-state index contributed by atoms with van der Waals surface area (Å²) in [7, 11) is 0. The number of carbonyl (C=O) groups excluding carboxylic acids is 1. The number of benzene rings is 1. The predicted octanol–water partition coefficient (Wildman–Crippen LogP) is 5.19. The van der Waals surface area contributed by atoms with Crippen LogP contribution in [0.4, 0.5) is 4.79 Å². The van der Waals surface area contributed by atoms with Crippen LogP contribution in [0.15, 0.2) is 24.3 Å². The third-order valence-corrected chi connectivity index (χ3v) is 5.14. The molecule has 4 nitrogen and oxygen atoms in total. The summed E-state index contributed by atoms with van der Waals surface area (Å²) in [6.45, 7) is 10.2. The van der Waals surface area contributed by atoms with Gasteiger partial charge in [-0.2, -0.15) is 0 Å². The summed E-state index contributed by atoms with van der Waals surface area (Å²) < 4.78 is 11.9. The van der Waals surface area contributed by atoms with E-state index < -0.39 is 5.60 Å². The number of nitrogens with zero attached hydrogens (tertiary/aromatic N) is 1. The lowest BCUT2D eigenvalue weighted by atomic mass is 9.99. The second kappa shape index (κ2) is 7.50. The Morgan fingerprint density at radius 2 is 1.85 bits per heavy atom. The fourth-order valence-corrected chi connectivity index (χ4v) is 4.25. The van der Waals surface area contributed by atoms with Crippen LogP contribution in [0.1, 0.15) is 65.9 Å². The molecule has 144 valence electrons. The van der Waals surface area contributed by atoms with Crippen LogP contribution >= 0.6 is 0 Å². The van der Waals surface area contributed by atoms with Crippen LogP contribution in [0.5, 0.6) is 5.75 Å². The molecule has 3 atom stereocenters. The molecule has 2 aliphatic rings. The zero-order valence-electron chi connectivity index (χ0n) is 16.8. The maximum Gasteiger partial charge on any atom is 0.410 e. The highest BCUT2D eigenvalue weighted by Crippen LogP contribution is 2.38. The molecule has 3 rings (SSSR count). The first-order chi connectivity index (χ1) is 12.2. The number of ether oxygens (including phenoxy) is 2. The van der Waals surface area contributed by atoms with Crippen LogP contribution in [0.2, 0.25) is 0 Å². The van der Waals surface area contributed by atoms with Crippen molar-refractivity contribution in [2.75, 3.05) is 0 Å². The van der Waals surface area contributed by atoms with E-state index in [0.29, 0.717) is 5.92 Å². The number of fused-ring (bicyclic) bond motifs is 2. The molecule has 1 unspecified atom stereocenters. The molecule has 2 heterocycles. The van der Waals surface area contributed by atoms with Gasteiger partial charge in [-0.15, -0.1) is 0 Å². The molecule has 0 N–H and O–H groups in total. The molecule has 2 aliphatic heterocycles.